The molecular weight excluding hydrogens is 312 g/mol. The van der Waals surface area contributed by atoms with Crippen LogP contribution in [0.3, 0.4) is 0 Å². The summed E-state index contributed by atoms with van der Waals surface area (Å²) in [5.74, 6) is 0.794. The van der Waals surface area contributed by atoms with Crippen molar-refractivity contribution in [1.82, 2.24) is 9.97 Å². The Morgan fingerprint density at radius 3 is 2.50 bits per heavy atom. The van der Waals surface area contributed by atoms with Crippen molar-refractivity contribution in [2.75, 3.05) is 0 Å². The lowest BCUT2D eigenvalue weighted by Crippen LogP contribution is -2.25. The van der Waals surface area contributed by atoms with Crippen molar-refractivity contribution < 1.29 is 0 Å². The first kappa shape index (κ1) is 15.7. The second-order valence-electron chi connectivity index (χ2n) is 6.36. The molecule has 0 atom stereocenters. The van der Waals surface area contributed by atoms with Gasteiger partial charge in [-0.1, -0.05) is 25.8 Å². The van der Waals surface area contributed by atoms with Crippen LogP contribution < -0.4 is 0 Å². The number of hydrogen-bond acceptors (Lipinski definition) is 2. The molecule has 2 aliphatic carbocycles. The van der Waals surface area contributed by atoms with Gasteiger partial charge in [-0.2, -0.15) is 0 Å². The van der Waals surface area contributed by atoms with Crippen LogP contribution in [-0.4, -0.2) is 9.97 Å². The van der Waals surface area contributed by atoms with Gasteiger partial charge >= 0.3 is 0 Å². The zero-order valence-electron chi connectivity index (χ0n) is 13.0. The summed E-state index contributed by atoms with van der Waals surface area (Å²) in [4.78, 5) is 8.81. The maximum atomic E-state index is 4.42. The molecule has 0 N–H and O–H groups in total. The van der Waals surface area contributed by atoms with Crippen molar-refractivity contribution in [3.05, 3.63) is 27.8 Å². The van der Waals surface area contributed by atoms with Gasteiger partial charge in [0.05, 0.1) is 17.6 Å². The normalized spacial score (nSPS) is 20.1. The Balaban J connectivity index is 0.000000452. The van der Waals surface area contributed by atoms with Gasteiger partial charge in [0.15, 0.2) is 0 Å². The monoisotopic (exact) mass is 336 g/mol. The molecule has 1 aromatic rings. The zero-order chi connectivity index (χ0) is 14.8. The molecule has 3 rings (SSSR count). The van der Waals surface area contributed by atoms with Gasteiger partial charge < -0.3 is 0 Å². The maximum absolute atomic E-state index is 4.42. The summed E-state index contributed by atoms with van der Waals surface area (Å²) in [5, 5.41) is 0. The van der Waals surface area contributed by atoms with Gasteiger partial charge in [0.1, 0.15) is 4.60 Å². The standard InChI is InChI=1S/C14H17BrN2.C3H8/c1-9(11-6-14(7-11)3-4-14)5-12-10(2)17-13(15)8-16-12;1-3-2/h5,8,11H,3-4,6-7H2,1-2H3;3H2,1-2H3/b9-5+;. The van der Waals surface area contributed by atoms with Crippen LogP contribution in [-0.2, 0) is 0 Å². The molecule has 2 nitrogen and oxygen atoms in total. The minimum atomic E-state index is 0.778. The summed E-state index contributed by atoms with van der Waals surface area (Å²) in [6.07, 6.45) is 11.0. The minimum absolute atomic E-state index is 0.778. The average Bonchev–Trinajstić information content (AvgIpc) is 3.12. The number of aryl methyl sites for hydroxylation is 1. The van der Waals surface area contributed by atoms with Crippen LogP contribution in [0.25, 0.3) is 6.08 Å². The molecule has 0 bridgehead atoms. The van der Waals surface area contributed by atoms with E-state index in [2.05, 4.69) is 52.7 Å². The van der Waals surface area contributed by atoms with E-state index in [-0.39, 0.29) is 0 Å². The Bertz CT molecular complexity index is 496. The molecule has 110 valence electrons. The van der Waals surface area contributed by atoms with E-state index in [0.717, 1.165) is 27.3 Å². The van der Waals surface area contributed by atoms with Gasteiger partial charge in [-0.05, 0) is 72.9 Å². The third-order valence-electron chi connectivity index (χ3n) is 4.28. The van der Waals surface area contributed by atoms with Crippen molar-refractivity contribution >= 4 is 22.0 Å². The van der Waals surface area contributed by atoms with Gasteiger partial charge in [-0.15, -0.1) is 0 Å². The van der Waals surface area contributed by atoms with E-state index in [9.17, 15) is 0 Å². The number of aromatic nitrogens is 2. The summed E-state index contributed by atoms with van der Waals surface area (Å²) in [7, 11) is 0. The largest absolute Gasteiger partial charge is 0.252 e. The fraction of sp³-hybridized carbons (Fsp3) is 0.647. The molecule has 0 unspecified atom stereocenters. The molecule has 0 aliphatic heterocycles. The molecule has 2 aliphatic rings. The lowest BCUT2D eigenvalue weighted by atomic mass is 9.68. The Morgan fingerprint density at radius 2 is 2.00 bits per heavy atom. The van der Waals surface area contributed by atoms with Crippen LogP contribution in [0.5, 0.6) is 0 Å². The van der Waals surface area contributed by atoms with Crippen molar-refractivity contribution in [2.45, 2.75) is 59.8 Å². The SMILES string of the molecule is C/C(=C\c1ncc(Br)nc1C)C1CC2(CC2)C1.CCC. The molecule has 2 saturated carbocycles. The van der Waals surface area contributed by atoms with Crippen molar-refractivity contribution in [1.29, 1.82) is 0 Å². The Kier molecular flexibility index (Phi) is 5.00. The van der Waals surface area contributed by atoms with Crippen LogP contribution in [0.1, 0.15) is 64.3 Å². The number of nitrogens with zero attached hydrogens (tertiary/aromatic N) is 2. The van der Waals surface area contributed by atoms with Crippen LogP contribution in [0.15, 0.2) is 16.4 Å². The Labute approximate surface area is 131 Å². The molecule has 0 aromatic carbocycles. The van der Waals surface area contributed by atoms with Crippen molar-refractivity contribution in [3.8, 4) is 0 Å². The molecule has 1 spiro atoms. The smallest absolute Gasteiger partial charge is 0.124 e. The third-order valence-corrected chi connectivity index (χ3v) is 4.66. The van der Waals surface area contributed by atoms with E-state index in [1.807, 2.05) is 6.92 Å². The van der Waals surface area contributed by atoms with Crippen molar-refractivity contribution in [3.63, 3.8) is 0 Å². The summed E-state index contributed by atoms with van der Waals surface area (Å²) in [6, 6.07) is 0. The first-order valence-electron chi connectivity index (χ1n) is 7.67. The first-order valence-corrected chi connectivity index (χ1v) is 8.46. The molecule has 1 heterocycles. The van der Waals surface area contributed by atoms with E-state index >= 15 is 0 Å². The van der Waals surface area contributed by atoms with Crippen molar-refractivity contribution in [2.24, 2.45) is 11.3 Å². The average molecular weight is 337 g/mol. The van der Waals surface area contributed by atoms with E-state index < -0.39 is 0 Å². The topological polar surface area (TPSA) is 25.8 Å². The predicted octanol–water partition coefficient (Wildman–Crippen LogP) is 5.56. The van der Waals surface area contributed by atoms with Crippen LogP contribution >= 0.6 is 15.9 Å². The van der Waals surface area contributed by atoms with E-state index in [0.29, 0.717) is 0 Å². The van der Waals surface area contributed by atoms with Gasteiger partial charge in [0, 0.05) is 0 Å². The molecule has 0 radical (unpaired) electrons. The minimum Gasteiger partial charge on any atom is -0.252 e. The highest BCUT2D eigenvalue weighted by Gasteiger charge is 2.52. The molecule has 3 heteroatoms. The second kappa shape index (κ2) is 6.38. The zero-order valence-corrected chi connectivity index (χ0v) is 14.6. The predicted molar refractivity (Wildman–Crippen MR) is 88.5 cm³/mol. The van der Waals surface area contributed by atoms with Crippen LogP contribution in [0.2, 0.25) is 0 Å². The third kappa shape index (κ3) is 3.69. The summed E-state index contributed by atoms with van der Waals surface area (Å²) in [5.41, 5.74) is 4.27. The molecule has 2 fully saturated rings. The second-order valence-corrected chi connectivity index (χ2v) is 7.18. The fourth-order valence-corrected chi connectivity index (χ4v) is 3.20. The highest BCUT2D eigenvalue weighted by atomic mass is 79.9. The highest BCUT2D eigenvalue weighted by Crippen LogP contribution is 2.64. The first-order chi connectivity index (χ1) is 9.49. The van der Waals surface area contributed by atoms with E-state index in [4.69, 9.17) is 0 Å². The van der Waals surface area contributed by atoms with E-state index in [1.165, 1.54) is 37.7 Å². The van der Waals surface area contributed by atoms with Crippen LogP contribution in [0, 0.1) is 18.3 Å². The molecular formula is C17H25BrN2. The van der Waals surface area contributed by atoms with E-state index in [1.54, 1.807) is 6.20 Å². The number of halogens is 1. The maximum Gasteiger partial charge on any atom is 0.124 e. The summed E-state index contributed by atoms with van der Waals surface area (Å²) < 4.78 is 0.811. The van der Waals surface area contributed by atoms with Gasteiger partial charge in [-0.3, -0.25) is 4.98 Å². The number of rotatable bonds is 2. The molecule has 1 aromatic heterocycles. The number of hydrogen-bond donors (Lipinski definition) is 0. The molecule has 0 saturated heterocycles. The summed E-state index contributed by atoms with van der Waals surface area (Å²) >= 11 is 3.35. The molecule has 0 amide bonds. The summed E-state index contributed by atoms with van der Waals surface area (Å²) in [6.45, 7) is 8.50. The lowest BCUT2D eigenvalue weighted by molar-refractivity contribution is 0.203. The van der Waals surface area contributed by atoms with Gasteiger partial charge in [0.25, 0.3) is 0 Å². The van der Waals surface area contributed by atoms with Gasteiger partial charge in [0.2, 0.25) is 0 Å². The van der Waals surface area contributed by atoms with Crippen LogP contribution in [0.4, 0.5) is 0 Å². The Hall–Kier alpha value is -0.700. The lowest BCUT2D eigenvalue weighted by Gasteiger charge is -2.36. The fourth-order valence-electron chi connectivity index (χ4n) is 2.83. The highest BCUT2D eigenvalue weighted by molar-refractivity contribution is 9.10. The Morgan fingerprint density at radius 1 is 1.40 bits per heavy atom. The molecule has 20 heavy (non-hydrogen) atoms. The van der Waals surface area contributed by atoms with Gasteiger partial charge in [-0.25, -0.2) is 4.98 Å². The number of allylic oxidation sites excluding steroid dienone is 1. The quantitative estimate of drug-likeness (QED) is 0.706.